The quantitative estimate of drug-likeness (QED) is 0.387. The van der Waals surface area contributed by atoms with E-state index in [-0.39, 0.29) is 0 Å². The van der Waals surface area contributed by atoms with Gasteiger partial charge >= 0.3 is 0 Å². The Morgan fingerprint density at radius 3 is 2.43 bits per heavy atom. The van der Waals surface area contributed by atoms with Crippen LogP contribution in [0.1, 0.15) is 0 Å². The predicted octanol–water partition coefficient (Wildman–Crippen LogP) is -1.64. The van der Waals surface area contributed by atoms with Gasteiger partial charge < -0.3 is 10.8 Å². The molecule has 0 heterocycles. The molecule has 0 aliphatic heterocycles. The lowest BCUT2D eigenvalue weighted by Gasteiger charge is -1.87. The van der Waals surface area contributed by atoms with Gasteiger partial charge in [-0.1, -0.05) is 0 Å². The fourth-order valence-corrected chi connectivity index (χ4v) is 0.0636. The lowest BCUT2D eigenvalue weighted by atomic mass is 10.4. The second kappa shape index (κ2) is 2.16. The van der Waals surface area contributed by atoms with Crippen molar-refractivity contribution in [2.75, 3.05) is 0 Å². The van der Waals surface area contributed by atoms with Crippen molar-refractivity contribution in [1.29, 1.82) is 5.26 Å². The third-order valence-corrected chi connectivity index (χ3v) is 0.392. The number of amides is 1. The number of nitrogens with zero attached hydrogens (tertiary/aromatic N) is 1. The van der Waals surface area contributed by atoms with Gasteiger partial charge in [-0.25, -0.2) is 0 Å². The standard InChI is InChI=1S/C3H4N2O2/c4-1-2(6)3(5)7/h2,6H,(H2,5,7). The van der Waals surface area contributed by atoms with E-state index in [1.165, 1.54) is 6.07 Å². The van der Waals surface area contributed by atoms with E-state index < -0.39 is 12.0 Å². The van der Waals surface area contributed by atoms with Crippen LogP contribution in [0.4, 0.5) is 0 Å². The summed E-state index contributed by atoms with van der Waals surface area (Å²) in [6.45, 7) is 0. The van der Waals surface area contributed by atoms with Crippen LogP contribution in [0.25, 0.3) is 0 Å². The highest BCUT2D eigenvalue weighted by Gasteiger charge is 2.05. The van der Waals surface area contributed by atoms with Gasteiger partial charge in [0.25, 0.3) is 5.91 Å². The summed E-state index contributed by atoms with van der Waals surface area (Å²) in [6, 6.07) is 1.25. The normalized spacial score (nSPS) is 12.0. The molecule has 1 amide bonds. The lowest BCUT2D eigenvalue weighted by Crippen LogP contribution is -2.26. The molecular formula is C3H4N2O2. The highest BCUT2D eigenvalue weighted by molar-refractivity contribution is 5.81. The van der Waals surface area contributed by atoms with Gasteiger partial charge in [0.1, 0.15) is 6.07 Å². The van der Waals surface area contributed by atoms with Gasteiger partial charge in [0, 0.05) is 0 Å². The number of hydrogen-bond acceptors (Lipinski definition) is 3. The summed E-state index contributed by atoms with van der Waals surface area (Å²) in [6.07, 6.45) is -1.65. The Balaban J connectivity index is 3.63. The summed E-state index contributed by atoms with van der Waals surface area (Å²) < 4.78 is 0. The molecule has 0 saturated carbocycles. The van der Waals surface area contributed by atoms with Crippen molar-refractivity contribution in [2.45, 2.75) is 6.10 Å². The van der Waals surface area contributed by atoms with Gasteiger partial charge in [-0.3, -0.25) is 4.79 Å². The van der Waals surface area contributed by atoms with Crippen LogP contribution in [0.15, 0.2) is 0 Å². The maximum absolute atomic E-state index is 9.68. The molecule has 38 valence electrons. The van der Waals surface area contributed by atoms with Crippen molar-refractivity contribution < 1.29 is 9.90 Å². The number of carbonyl (C=O) groups is 1. The molecule has 0 aromatic heterocycles. The van der Waals surface area contributed by atoms with Crippen LogP contribution in [0.3, 0.4) is 0 Å². The van der Waals surface area contributed by atoms with Crippen molar-refractivity contribution in [3.63, 3.8) is 0 Å². The fraction of sp³-hybridized carbons (Fsp3) is 0.333. The Hall–Kier alpha value is -1.08. The van der Waals surface area contributed by atoms with E-state index in [9.17, 15) is 4.79 Å². The van der Waals surface area contributed by atoms with Crippen LogP contribution < -0.4 is 5.73 Å². The summed E-state index contributed by atoms with van der Waals surface area (Å²) in [7, 11) is 0. The molecule has 0 aromatic rings. The molecule has 3 N–H and O–H groups in total. The average molecular weight is 100 g/mol. The first-order chi connectivity index (χ1) is 3.18. The van der Waals surface area contributed by atoms with Crippen molar-refractivity contribution in [3.8, 4) is 6.07 Å². The van der Waals surface area contributed by atoms with E-state index in [0.717, 1.165) is 0 Å². The first-order valence-electron chi connectivity index (χ1n) is 1.55. The van der Waals surface area contributed by atoms with E-state index in [0.29, 0.717) is 0 Å². The van der Waals surface area contributed by atoms with Gasteiger partial charge in [0.2, 0.25) is 6.10 Å². The predicted molar refractivity (Wildman–Crippen MR) is 20.8 cm³/mol. The second-order valence-electron chi connectivity index (χ2n) is 0.934. The van der Waals surface area contributed by atoms with E-state index >= 15 is 0 Å². The van der Waals surface area contributed by atoms with E-state index in [1.54, 1.807) is 0 Å². The number of rotatable bonds is 1. The van der Waals surface area contributed by atoms with Crippen molar-refractivity contribution in [1.82, 2.24) is 0 Å². The van der Waals surface area contributed by atoms with Crippen LogP contribution >= 0.6 is 0 Å². The molecule has 0 rings (SSSR count). The Kier molecular flexibility index (Phi) is 1.82. The number of nitriles is 1. The molecule has 0 spiro atoms. The maximum atomic E-state index is 9.68. The van der Waals surface area contributed by atoms with Crippen molar-refractivity contribution in [2.24, 2.45) is 5.73 Å². The van der Waals surface area contributed by atoms with Crippen LogP contribution in [-0.4, -0.2) is 17.1 Å². The summed E-state index contributed by atoms with van der Waals surface area (Å²) in [5.41, 5.74) is 4.44. The van der Waals surface area contributed by atoms with Crippen LogP contribution in [-0.2, 0) is 4.79 Å². The fourth-order valence-electron chi connectivity index (χ4n) is 0.0636. The molecule has 1 atom stereocenters. The molecule has 0 saturated heterocycles. The largest absolute Gasteiger partial charge is 0.370 e. The number of hydrogen-bond donors (Lipinski definition) is 2. The molecular weight excluding hydrogens is 96.0 g/mol. The smallest absolute Gasteiger partial charge is 0.261 e. The van der Waals surface area contributed by atoms with E-state index in [1.807, 2.05) is 0 Å². The second-order valence-corrected chi connectivity index (χ2v) is 0.934. The molecule has 1 unspecified atom stereocenters. The van der Waals surface area contributed by atoms with Gasteiger partial charge in [0.05, 0.1) is 0 Å². The number of nitrogens with two attached hydrogens (primary N) is 1. The Labute approximate surface area is 40.2 Å². The van der Waals surface area contributed by atoms with Crippen LogP contribution in [0.2, 0.25) is 0 Å². The van der Waals surface area contributed by atoms with Crippen molar-refractivity contribution >= 4 is 5.91 Å². The summed E-state index contributed by atoms with van der Waals surface area (Å²) in [4.78, 5) is 9.68. The van der Waals surface area contributed by atoms with Gasteiger partial charge in [0.15, 0.2) is 0 Å². The summed E-state index contributed by atoms with van der Waals surface area (Å²) in [5.74, 6) is -1.01. The Morgan fingerprint density at radius 1 is 2.00 bits per heavy atom. The molecule has 4 nitrogen and oxygen atoms in total. The summed E-state index contributed by atoms with van der Waals surface area (Å²) >= 11 is 0. The molecule has 0 aromatic carbocycles. The molecule has 0 fully saturated rings. The lowest BCUT2D eigenvalue weighted by molar-refractivity contribution is -0.123. The first kappa shape index (κ1) is 5.92. The Bertz CT molecular complexity index is 115. The van der Waals surface area contributed by atoms with Gasteiger partial charge in [-0.15, -0.1) is 0 Å². The van der Waals surface area contributed by atoms with Gasteiger partial charge in [-0.2, -0.15) is 5.26 Å². The third kappa shape index (κ3) is 1.73. The summed E-state index contributed by atoms with van der Waals surface area (Å²) in [5, 5.41) is 15.8. The molecule has 0 bridgehead atoms. The molecule has 0 radical (unpaired) electrons. The SMILES string of the molecule is N#CC(O)C(N)=O. The topological polar surface area (TPSA) is 87.1 Å². The minimum absolute atomic E-state index is 1.01. The number of carbonyl (C=O) groups excluding carboxylic acids is 1. The zero-order valence-electron chi connectivity index (χ0n) is 3.46. The maximum Gasteiger partial charge on any atom is 0.261 e. The number of aliphatic hydroxyl groups is 1. The number of aliphatic hydroxyl groups excluding tert-OH is 1. The molecule has 4 heteroatoms. The average Bonchev–Trinajstić information content (AvgIpc) is 1.65. The highest BCUT2D eigenvalue weighted by Crippen LogP contribution is 1.71. The number of primary amides is 1. The minimum atomic E-state index is -1.65. The van der Waals surface area contributed by atoms with E-state index in [2.05, 4.69) is 5.73 Å². The third-order valence-electron chi connectivity index (χ3n) is 0.392. The highest BCUT2D eigenvalue weighted by atomic mass is 16.3. The van der Waals surface area contributed by atoms with Crippen LogP contribution in [0.5, 0.6) is 0 Å². The van der Waals surface area contributed by atoms with Crippen molar-refractivity contribution in [3.05, 3.63) is 0 Å². The minimum Gasteiger partial charge on any atom is -0.370 e. The Morgan fingerprint density at radius 2 is 2.43 bits per heavy atom. The first-order valence-corrected chi connectivity index (χ1v) is 1.55. The van der Waals surface area contributed by atoms with E-state index in [4.69, 9.17) is 10.4 Å². The monoisotopic (exact) mass is 100 g/mol. The zero-order chi connectivity index (χ0) is 5.86. The molecule has 0 aliphatic rings. The van der Waals surface area contributed by atoms with Gasteiger partial charge in [-0.05, 0) is 0 Å². The zero-order valence-corrected chi connectivity index (χ0v) is 3.46. The van der Waals surface area contributed by atoms with Crippen LogP contribution in [0, 0.1) is 11.3 Å². The molecule has 0 aliphatic carbocycles. The molecule has 7 heavy (non-hydrogen) atoms.